The second-order valence-corrected chi connectivity index (χ2v) is 4.76. The van der Waals surface area contributed by atoms with E-state index in [0.717, 1.165) is 11.0 Å². The Morgan fingerprint density at radius 3 is 2.68 bits per heavy atom. The maximum Gasteiger partial charge on any atom is 0.339 e. The van der Waals surface area contributed by atoms with Gasteiger partial charge in [-0.15, -0.1) is 0 Å². The Kier molecular flexibility index (Phi) is 4.01. The van der Waals surface area contributed by atoms with E-state index in [9.17, 15) is 9.18 Å². The lowest BCUT2D eigenvalue weighted by Gasteiger charge is -2.08. The summed E-state index contributed by atoms with van der Waals surface area (Å²) in [6, 6.07) is 6.01. The van der Waals surface area contributed by atoms with Crippen molar-refractivity contribution in [1.82, 2.24) is 4.98 Å². The highest BCUT2D eigenvalue weighted by molar-refractivity contribution is 7.99. The van der Waals surface area contributed by atoms with E-state index < -0.39 is 11.8 Å². The Morgan fingerprint density at radius 1 is 1.37 bits per heavy atom. The van der Waals surface area contributed by atoms with E-state index in [4.69, 9.17) is 5.73 Å². The highest BCUT2D eigenvalue weighted by atomic mass is 32.2. The second kappa shape index (κ2) is 5.71. The minimum Gasteiger partial charge on any atom is -0.465 e. The fourth-order valence-corrected chi connectivity index (χ4v) is 2.31. The normalized spacial score (nSPS) is 10.2. The molecule has 0 saturated heterocycles. The maximum atomic E-state index is 13.8. The van der Waals surface area contributed by atoms with Gasteiger partial charge in [-0.2, -0.15) is 0 Å². The van der Waals surface area contributed by atoms with Gasteiger partial charge in [0.1, 0.15) is 5.82 Å². The van der Waals surface area contributed by atoms with Crippen LogP contribution < -0.4 is 5.73 Å². The van der Waals surface area contributed by atoms with Crippen LogP contribution in [0.25, 0.3) is 0 Å². The first-order chi connectivity index (χ1) is 9.11. The van der Waals surface area contributed by atoms with Crippen LogP contribution in [-0.4, -0.2) is 18.1 Å². The average Bonchev–Trinajstić information content (AvgIpc) is 2.42. The van der Waals surface area contributed by atoms with E-state index >= 15 is 0 Å². The van der Waals surface area contributed by atoms with Crippen molar-refractivity contribution in [2.24, 2.45) is 0 Å². The summed E-state index contributed by atoms with van der Waals surface area (Å²) in [7, 11) is 1.25. The minimum atomic E-state index is -0.589. The van der Waals surface area contributed by atoms with E-state index in [1.807, 2.05) is 0 Å². The van der Waals surface area contributed by atoms with Gasteiger partial charge in [0.2, 0.25) is 0 Å². The molecule has 0 aliphatic heterocycles. The van der Waals surface area contributed by atoms with E-state index in [1.54, 1.807) is 24.5 Å². The number of nitrogen functional groups attached to an aromatic ring is 1. The molecule has 0 radical (unpaired) electrons. The molecular weight excluding hydrogens is 267 g/mol. The van der Waals surface area contributed by atoms with Gasteiger partial charge in [-0.05, 0) is 24.3 Å². The fraction of sp³-hybridized carbons (Fsp3) is 0.0769. The summed E-state index contributed by atoms with van der Waals surface area (Å²) in [5.74, 6) is -1.07. The first kappa shape index (κ1) is 13.4. The number of carbonyl (C=O) groups is 1. The molecule has 0 atom stereocenters. The number of ether oxygens (including phenoxy) is 1. The molecule has 2 rings (SSSR count). The van der Waals surface area contributed by atoms with Gasteiger partial charge in [-0.1, -0.05) is 11.8 Å². The largest absolute Gasteiger partial charge is 0.465 e. The van der Waals surface area contributed by atoms with Gasteiger partial charge >= 0.3 is 5.97 Å². The van der Waals surface area contributed by atoms with Gasteiger partial charge in [0.05, 0.1) is 12.7 Å². The zero-order chi connectivity index (χ0) is 13.8. The second-order valence-electron chi connectivity index (χ2n) is 3.65. The monoisotopic (exact) mass is 278 g/mol. The first-order valence-electron chi connectivity index (χ1n) is 5.37. The summed E-state index contributed by atoms with van der Waals surface area (Å²) in [4.78, 5) is 16.5. The van der Waals surface area contributed by atoms with Crippen molar-refractivity contribution in [1.29, 1.82) is 0 Å². The van der Waals surface area contributed by atoms with Crippen molar-refractivity contribution in [3.8, 4) is 0 Å². The number of aromatic nitrogens is 1. The average molecular weight is 278 g/mol. The van der Waals surface area contributed by atoms with Crippen LogP contribution in [0.4, 0.5) is 10.1 Å². The zero-order valence-corrected chi connectivity index (χ0v) is 10.9. The summed E-state index contributed by atoms with van der Waals surface area (Å²) in [5, 5.41) is 0. The van der Waals surface area contributed by atoms with Crippen LogP contribution in [0.2, 0.25) is 0 Å². The smallest absolute Gasteiger partial charge is 0.339 e. The molecule has 1 aromatic heterocycles. The minimum absolute atomic E-state index is 0.0587. The fourth-order valence-electron chi connectivity index (χ4n) is 1.47. The summed E-state index contributed by atoms with van der Waals surface area (Å²) >= 11 is 1.19. The van der Waals surface area contributed by atoms with Crippen LogP contribution in [-0.2, 0) is 4.74 Å². The number of nitrogens with two attached hydrogens (primary N) is 1. The summed E-state index contributed by atoms with van der Waals surface area (Å²) < 4.78 is 18.4. The molecular formula is C13H11FN2O2S. The lowest BCUT2D eigenvalue weighted by atomic mass is 10.2. The molecule has 98 valence electrons. The number of benzene rings is 1. The molecule has 0 amide bonds. The van der Waals surface area contributed by atoms with Gasteiger partial charge in [-0.3, -0.25) is 4.98 Å². The van der Waals surface area contributed by atoms with Crippen LogP contribution in [0.15, 0.2) is 46.5 Å². The molecule has 4 nitrogen and oxygen atoms in total. The molecule has 0 saturated carbocycles. The maximum absolute atomic E-state index is 13.8. The molecule has 2 N–H and O–H groups in total. The highest BCUT2D eigenvalue weighted by Crippen LogP contribution is 2.32. The molecule has 0 bridgehead atoms. The third-order valence-electron chi connectivity index (χ3n) is 2.39. The van der Waals surface area contributed by atoms with Gasteiger partial charge in [0.25, 0.3) is 0 Å². The number of hydrogen-bond donors (Lipinski definition) is 1. The molecule has 0 unspecified atom stereocenters. The van der Waals surface area contributed by atoms with Crippen molar-refractivity contribution in [3.63, 3.8) is 0 Å². The number of pyridine rings is 1. The molecule has 1 aromatic carbocycles. The van der Waals surface area contributed by atoms with Gasteiger partial charge in [0, 0.05) is 27.9 Å². The molecule has 0 aliphatic carbocycles. The molecule has 6 heteroatoms. The number of hydrogen-bond acceptors (Lipinski definition) is 5. The van der Waals surface area contributed by atoms with Crippen molar-refractivity contribution >= 4 is 23.4 Å². The van der Waals surface area contributed by atoms with Crippen molar-refractivity contribution in [3.05, 3.63) is 48.0 Å². The first-order valence-corrected chi connectivity index (χ1v) is 6.18. The molecule has 0 spiro atoms. The molecule has 2 aromatic rings. The summed E-state index contributed by atoms with van der Waals surface area (Å²) in [5.41, 5.74) is 5.81. The van der Waals surface area contributed by atoms with Crippen LogP contribution in [0.5, 0.6) is 0 Å². The zero-order valence-electron chi connectivity index (χ0n) is 10.1. The molecule has 19 heavy (non-hydrogen) atoms. The van der Waals surface area contributed by atoms with E-state index in [2.05, 4.69) is 9.72 Å². The number of carbonyl (C=O) groups excluding carboxylic acids is 1. The Hall–Kier alpha value is -2.08. The summed E-state index contributed by atoms with van der Waals surface area (Å²) in [6.45, 7) is 0. The number of esters is 1. The number of rotatable bonds is 3. The Bertz CT molecular complexity index is 605. The Morgan fingerprint density at radius 2 is 2.05 bits per heavy atom. The standard InChI is InChI=1S/C13H11FN2O2S/c1-18-13(17)9-6-12(10(14)7-11(9)15)19-8-2-4-16-5-3-8/h2-7H,15H2,1H3. The van der Waals surface area contributed by atoms with Crippen LogP contribution in [0.1, 0.15) is 10.4 Å². The van der Waals surface area contributed by atoms with Crippen LogP contribution >= 0.6 is 11.8 Å². The number of methoxy groups -OCH3 is 1. The number of nitrogens with zero attached hydrogens (tertiary/aromatic N) is 1. The van der Waals surface area contributed by atoms with Gasteiger partial charge in [-0.25, -0.2) is 9.18 Å². The van der Waals surface area contributed by atoms with Gasteiger partial charge < -0.3 is 10.5 Å². The molecule has 0 aliphatic rings. The van der Waals surface area contributed by atoms with Gasteiger partial charge in [0.15, 0.2) is 0 Å². The third kappa shape index (κ3) is 3.03. The molecule has 1 heterocycles. The summed E-state index contributed by atoms with van der Waals surface area (Å²) in [6.07, 6.45) is 3.22. The highest BCUT2D eigenvalue weighted by Gasteiger charge is 2.15. The van der Waals surface area contributed by atoms with Crippen LogP contribution in [0.3, 0.4) is 0 Å². The van der Waals surface area contributed by atoms with Crippen LogP contribution in [0, 0.1) is 5.82 Å². The third-order valence-corrected chi connectivity index (χ3v) is 3.43. The van der Waals surface area contributed by atoms with E-state index in [-0.39, 0.29) is 11.3 Å². The van der Waals surface area contributed by atoms with E-state index in [1.165, 1.54) is 24.9 Å². The number of halogens is 1. The van der Waals surface area contributed by atoms with Crippen molar-refractivity contribution < 1.29 is 13.9 Å². The SMILES string of the molecule is COC(=O)c1cc(Sc2ccncc2)c(F)cc1N. The van der Waals surface area contributed by atoms with Crippen molar-refractivity contribution in [2.75, 3.05) is 12.8 Å². The Balaban J connectivity index is 2.38. The lowest BCUT2D eigenvalue weighted by molar-refractivity contribution is 0.0601. The van der Waals surface area contributed by atoms with E-state index in [0.29, 0.717) is 4.90 Å². The predicted octanol–water partition coefficient (Wildman–Crippen LogP) is 2.74. The lowest BCUT2D eigenvalue weighted by Crippen LogP contribution is -2.06. The topological polar surface area (TPSA) is 65.2 Å². The quantitative estimate of drug-likeness (QED) is 0.690. The predicted molar refractivity (Wildman–Crippen MR) is 70.5 cm³/mol. The number of anilines is 1. The Labute approximate surface area is 113 Å². The molecule has 0 fully saturated rings. The van der Waals surface area contributed by atoms with Crippen molar-refractivity contribution in [2.45, 2.75) is 9.79 Å².